The lowest BCUT2D eigenvalue weighted by molar-refractivity contribution is 0.244. The summed E-state index contributed by atoms with van der Waals surface area (Å²) in [5, 5.41) is 3.51. The maximum absolute atomic E-state index is 3.51. The Morgan fingerprint density at radius 2 is 1.77 bits per heavy atom. The molecule has 0 aliphatic heterocycles. The Kier molecular flexibility index (Phi) is 4.32. The molecule has 0 aromatic carbocycles. The molecule has 2 atom stereocenters. The van der Waals surface area contributed by atoms with Crippen molar-refractivity contribution in [3.8, 4) is 11.8 Å². The van der Waals surface area contributed by atoms with Crippen LogP contribution in [0.1, 0.15) is 40.0 Å². The standard InChI is InChI=1S/C12H21N/c1-4-5-6-13-12-8-10(2)7-11(3)9-12/h10-13H,6-9H2,1-3H3. The van der Waals surface area contributed by atoms with Gasteiger partial charge >= 0.3 is 0 Å². The molecule has 1 nitrogen and oxygen atoms in total. The summed E-state index contributed by atoms with van der Waals surface area (Å²) in [6, 6.07) is 0.708. The quantitative estimate of drug-likeness (QED) is 0.642. The van der Waals surface area contributed by atoms with Crippen LogP contribution in [0.3, 0.4) is 0 Å². The van der Waals surface area contributed by atoms with Crippen LogP contribution in [-0.4, -0.2) is 12.6 Å². The van der Waals surface area contributed by atoms with E-state index < -0.39 is 0 Å². The molecule has 1 saturated carbocycles. The van der Waals surface area contributed by atoms with Crippen LogP contribution in [0.15, 0.2) is 0 Å². The Balaban J connectivity index is 2.27. The Morgan fingerprint density at radius 3 is 2.31 bits per heavy atom. The van der Waals surface area contributed by atoms with Crippen molar-refractivity contribution in [1.29, 1.82) is 0 Å². The molecule has 1 aliphatic carbocycles. The van der Waals surface area contributed by atoms with Gasteiger partial charge in [-0.25, -0.2) is 0 Å². The first-order valence-electron chi connectivity index (χ1n) is 5.35. The van der Waals surface area contributed by atoms with Gasteiger partial charge in [0.2, 0.25) is 0 Å². The zero-order chi connectivity index (χ0) is 9.68. The largest absolute Gasteiger partial charge is 0.303 e. The number of hydrogen-bond acceptors (Lipinski definition) is 1. The number of hydrogen-bond donors (Lipinski definition) is 1. The van der Waals surface area contributed by atoms with Gasteiger partial charge in [0.05, 0.1) is 6.54 Å². The molecule has 1 fully saturated rings. The highest BCUT2D eigenvalue weighted by atomic mass is 14.9. The Bertz CT molecular complexity index is 189. The molecule has 0 aromatic heterocycles. The van der Waals surface area contributed by atoms with Crippen LogP contribution in [0.4, 0.5) is 0 Å². The maximum atomic E-state index is 3.51. The first-order chi connectivity index (χ1) is 6.22. The Morgan fingerprint density at radius 1 is 1.15 bits per heavy atom. The molecule has 1 heteroatoms. The molecule has 0 amide bonds. The van der Waals surface area contributed by atoms with Crippen molar-refractivity contribution >= 4 is 0 Å². The molecule has 1 N–H and O–H groups in total. The minimum atomic E-state index is 0.708. The fraction of sp³-hybridized carbons (Fsp3) is 0.833. The third-order valence-corrected chi connectivity index (χ3v) is 2.83. The fourth-order valence-corrected chi connectivity index (χ4v) is 2.40. The normalized spacial score (nSPS) is 33.6. The third kappa shape index (κ3) is 3.83. The lowest BCUT2D eigenvalue weighted by Crippen LogP contribution is -2.36. The summed E-state index contributed by atoms with van der Waals surface area (Å²) in [5.74, 6) is 7.75. The predicted molar refractivity (Wildman–Crippen MR) is 57.4 cm³/mol. The summed E-state index contributed by atoms with van der Waals surface area (Å²) in [6.45, 7) is 7.47. The average molecular weight is 179 g/mol. The van der Waals surface area contributed by atoms with Crippen LogP contribution >= 0.6 is 0 Å². The van der Waals surface area contributed by atoms with Crippen LogP contribution < -0.4 is 5.32 Å². The SMILES string of the molecule is CC#CCNC1CC(C)CC(C)C1. The topological polar surface area (TPSA) is 12.0 Å². The molecule has 0 heterocycles. The molecule has 2 unspecified atom stereocenters. The monoisotopic (exact) mass is 179 g/mol. The Hall–Kier alpha value is -0.480. The summed E-state index contributed by atoms with van der Waals surface area (Å²) >= 11 is 0. The van der Waals surface area contributed by atoms with E-state index in [9.17, 15) is 0 Å². The minimum absolute atomic E-state index is 0.708. The first-order valence-corrected chi connectivity index (χ1v) is 5.35. The van der Waals surface area contributed by atoms with Gasteiger partial charge in [0, 0.05) is 6.04 Å². The van der Waals surface area contributed by atoms with Crippen molar-refractivity contribution in [3.63, 3.8) is 0 Å². The summed E-state index contributed by atoms with van der Waals surface area (Å²) < 4.78 is 0. The van der Waals surface area contributed by atoms with Gasteiger partial charge < -0.3 is 5.32 Å². The van der Waals surface area contributed by atoms with E-state index in [2.05, 4.69) is 31.0 Å². The van der Waals surface area contributed by atoms with Crippen molar-refractivity contribution in [1.82, 2.24) is 5.32 Å². The van der Waals surface area contributed by atoms with Crippen molar-refractivity contribution in [3.05, 3.63) is 0 Å². The van der Waals surface area contributed by atoms with Gasteiger partial charge in [-0.3, -0.25) is 0 Å². The van der Waals surface area contributed by atoms with E-state index in [-0.39, 0.29) is 0 Å². The number of rotatable bonds is 2. The van der Waals surface area contributed by atoms with E-state index >= 15 is 0 Å². The fourth-order valence-electron chi connectivity index (χ4n) is 2.40. The third-order valence-electron chi connectivity index (χ3n) is 2.83. The summed E-state index contributed by atoms with van der Waals surface area (Å²) in [4.78, 5) is 0. The zero-order valence-electron chi connectivity index (χ0n) is 9.06. The van der Waals surface area contributed by atoms with Crippen molar-refractivity contribution in [2.45, 2.75) is 46.1 Å². The van der Waals surface area contributed by atoms with Gasteiger partial charge in [0.15, 0.2) is 0 Å². The van der Waals surface area contributed by atoms with Gasteiger partial charge in [-0.15, -0.1) is 5.92 Å². The lowest BCUT2D eigenvalue weighted by atomic mass is 9.80. The highest BCUT2D eigenvalue weighted by Crippen LogP contribution is 2.28. The summed E-state index contributed by atoms with van der Waals surface area (Å²) in [5.41, 5.74) is 0. The minimum Gasteiger partial charge on any atom is -0.303 e. The predicted octanol–water partition coefficient (Wildman–Crippen LogP) is 2.42. The van der Waals surface area contributed by atoms with E-state index in [1.165, 1.54) is 19.3 Å². The van der Waals surface area contributed by atoms with Crippen LogP contribution in [0.2, 0.25) is 0 Å². The molecule has 74 valence electrons. The van der Waals surface area contributed by atoms with Gasteiger partial charge in [-0.1, -0.05) is 19.8 Å². The van der Waals surface area contributed by atoms with E-state index in [1.807, 2.05) is 6.92 Å². The molecule has 0 bridgehead atoms. The van der Waals surface area contributed by atoms with Crippen LogP contribution in [0, 0.1) is 23.7 Å². The lowest BCUT2D eigenvalue weighted by Gasteiger charge is -2.31. The second-order valence-electron chi connectivity index (χ2n) is 4.42. The molecule has 1 rings (SSSR count). The molecule has 0 saturated heterocycles. The summed E-state index contributed by atoms with van der Waals surface area (Å²) in [6.07, 6.45) is 4.06. The molecule has 0 spiro atoms. The smallest absolute Gasteiger partial charge is 0.0578 e. The van der Waals surface area contributed by atoms with Gasteiger partial charge in [-0.05, 0) is 38.0 Å². The van der Waals surface area contributed by atoms with Crippen LogP contribution in [0.5, 0.6) is 0 Å². The van der Waals surface area contributed by atoms with Gasteiger partial charge in [-0.2, -0.15) is 0 Å². The zero-order valence-corrected chi connectivity index (χ0v) is 9.06. The van der Waals surface area contributed by atoms with E-state index in [0.29, 0.717) is 6.04 Å². The first kappa shape index (κ1) is 10.6. The molecule has 0 radical (unpaired) electrons. The molecule has 1 aliphatic rings. The van der Waals surface area contributed by atoms with Crippen molar-refractivity contribution < 1.29 is 0 Å². The van der Waals surface area contributed by atoms with Crippen LogP contribution in [0.25, 0.3) is 0 Å². The van der Waals surface area contributed by atoms with E-state index in [0.717, 1.165) is 18.4 Å². The highest BCUT2D eigenvalue weighted by molar-refractivity contribution is 4.98. The number of nitrogens with one attached hydrogen (secondary N) is 1. The Labute approximate surface area is 82.3 Å². The average Bonchev–Trinajstić information content (AvgIpc) is 2.03. The van der Waals surface area contributed by atoms with Crippen molar-refractivity contribution in [2.24, 2.45) is 11.8 Å². The maximum Gasteiger partial charge on any atom is 0.0578 e. The van der Waals surface area contributed by atoms with Crippen molar-refractivity contribution in [2.75, 3.05) is 6.54 Å². The molecular weight excluding hydrogens is 158 g/mol. The van der Waals surface area contributed by atoms with E-state index in [1.54, 1.807) is 0 Å². The van der Waals surface area contributed by atoms with E-state index in [4.69, 9.17) is 0 Å². The molecule has 13 heavy (non-hydrogen) atoms. The second-order valence-corrected chi connectivity index (χ2v) is 4.42. The van der Waals surface area contributed by atoms with Crippen LogP contribution in [-0.2, 0) is 0 Å². The van der Waals surface area contributed by atoms with Gasteiger partial charge in [0.25, 0.3) is 0 Å². The summed E-state index contributed by atoms with van der Waals surface area (Å²) in [7, 11) is 0. The molecular formula is C12H21N. The van der Waals surface area contributed by atoms with Gasteiger partial charge in [0.1, 0.15) is 0 Å². The second kappa shape index (κ2) is 5.29. The highest BCUT2D eigenvalue weighted by Gasteiger charge is 2.22. The molecule has 0 aromatic rings.